The van der Waals surface area contributed by atoms with Gasteiger partial charge in [0.1, 0.15) is 6.54 Å². The summed E-state index contributed by atoms with van der Waals surface area (Å²) in [6.07, 6.45) is 0. The molecule has 8 nitrogen and oxygen atoms in total. The largest absolute Gasteiger partial charge is 0.480 e. The molecule has 0 spiro atoms. The summed E-state index contributed by atoms with van der Waals surface area (Å²) < 4.78 is 0. The van der Waals surface area contributed by atoms with Crippen LogP contribution in [0.3, 0.4) is 0 Å². The van der Waals surface area contributed by atoms with Crippen LogP contribution < -0.4 is 5.32 Å². The molecule has 0 aromatic heterocycles. The molecule has 0 bridgehead atoms. The van der Waals surface area contributed by atoms with E-state index in [0.29, 0.717) is 22.3 Å². The molecule has 2 rings (SSSR count). The van der Waals surface area contributed by atoms with Crippen LogP contribution in [0.4, 0.5) is 10.5 Å². The minimum absolute atomic E-state index is 0.0316. The van der Waals surface area contributed by atoms with Gasteiger partial charge >= 0.3 is 11.9 Å². The topological polar surface area (TPSA) is 124 Å². The molecule has 1 atom stereocenters. The van der Waals surface area contributed by atoms with Gasteiger partial charge in [-0.1, -0.05) is 6.07 Å². The minimum Gasteiger partial charge on any atom is -0.480 e. The molecule has 1 aromatic carbocycles. The zero-order valence-electron chi connectivity index (χ0n) is 10.5. The van der Waals surface area contributed by atoms with E-state index in [1.807, 2.05) is 0 Å². The fourth-order valence-electron chi connectivity index (χ4n) is 1.71. The maximum atomic E-state index is 11.9. The Morgan fingerprint density at radius 2 is 2.00 bits per heavy atom. The van der Waals surface area contributed by atoms with E-state index in [1.165, 1.54) is 18.2 Å². The third kappa shape index (κ3) is 3.31. The molecule has 1 saturated heterocycles. The Kier molecular flexibility index (Phi) is 4.13. The van der Waals surface area contributed by atoms with E-state index >= 15 is 0 Å². The molecular weight excluding hydrogens is 300 g/mol. The number of anilines is 1. The summed E-state index contributed by atoms with van der Waals surface area (Å²) in [5, 5.41) is 18.6. The van der Waals surface area contributed by atoms with Gasteiger partial charge in [-0.25, -0.2) is 4.79 Å². The summed E-state index contributed by atoms with van der Waals surface area (Å²) in [5.41, 5.74) is 0.384. The summed E-state index contributed by atoms with van der Waals surface area (Å²) in [4.78, 5) is 45.6. The van der Waals surface area contributed by atoms with Crippen LogP contribution in [0.1, 0.15) is 10.4 Å². The van der Waals surface area contributed by atoms with Gasteiger partial charge in [0, 0.05) is 5.69 Å². The Morgan fingerprint density at radius 3 is 2.62 bits per heavy atom. The lowest BCUT2D eigenvalue weighted by atomic mass is 10.2. The van der Waals surface area contributed by atoms with Crippen molar-refractivity contribution in [2.24, 2.45) is 0 Å². The van der Waals surface area contributed by atoms with Gasteiger partial charge in [-0.3, -0.25) is 19.3 Å². The predicted molar refractivity (Wildman–Crippen MR) is 73.1 cm³/mol. The van der Waals surface area contributed by atoms with Crippen molar-refractivity contribution < 1.29 is 29.4 Å². The molecule has 9 heteroatoms. The van der Waals surface area contributed by atoms with Gasteiger partial charge in [0.25, 0.3) is 11.1 Å². The fourth-order valence-corrected chi connectivity index (χ4v) is 2.62. The number of carbonyl (C=O) groups excluding carboxylic acids is 2. The molecule has 1 fully saturated rings. The first-order valence-corrected chi connectivity index (χ1v) is 6.60. The van der Waals surface area contributed by atoms with E-state index in [4.69, 9.17) is 10.2 Å². The Balaban J connectivity index is 2.12. The van der Waals surface area contributed by atoms with Crippen LogP contribution in [0.5, 0.6) is 0 Å². The van der Waals surface area contributed by atoms with Crippen molar-refractivity contribution in [3.05, 3.63) is 29.8 Å². The lowest BCUT2D eigenvalue weighted by molar-refractivity contribution is -0.141. The summed E-state index contributed by atoms with van der Waals surface area (Å²) >= 11 is 0.648. The number of hydrogen-bond donors (Lipinski definition) is 3. The van der Waals surface area contributed by atoms with Crippen molar-refractivity contribution in [1.82, 2.24) is 4.90 Å². The number of benzene rings is 1. The van der Waals surface area contributed by atoms with Gasteiger partial charge in [-0.2, -0.15) is 0 Å². The van der Waals surface area contributed by atoms with Crippen LogP contribution in [-0.4, -0.2) is 50.1 Å². The van der Waals surface area contributed by atoms with E-state index in [1.54, 1.807) is 6.07 Å². The lowest BCUT2D eigenvalue weighted by Crippen LogP contribution is -2.37. The maximum Gasteiger partial charge on any atom is 0.335 e. The quantitative estimate of drug-likeness (QED) is 0.733. The molecule has 3 N–H and O–H groups in total. The summed E-state index contributed by atoms with van der Waals surface area (Å²) in [6, 6.07) is 5.75. The van der Waals surface area contributed by atoms with Gasteiger partial charge in [-0.05, 0) is 30.0 Å². The molecule has 1 aliphatic rings. The molecule has 1 aliphatic heterocycles. The number of nitrogens with one attached hydrogen (secondary N) is 1. The molecule has 0 aliphatic carbocycles. The van der Waals surface area contributed by atoms with Crippen LogP contribution in [0.15, 0.2) is 24.3 Å². The number of nitrogens with zero attached hydrogens (tertiary/aromatic N) is 1. The van der Waals surface area contributed by atoms with Crippen molar-refractivity contribution in [3.63, 3.8) is 0 Å². The van der Waals surface area contributed by atoms with Crippen LogP contribution >= 0.6 is 11.8 Å². The Morgan fingerprint density at radius 1 is 1.29 bits per heavy atom. The van der Waals surface area contributed by atoms with Crippen molar-refractivity contribution in [1.29, 1.82) is 0 Å². The van der Waals surface area contributed by atoms with Crippen molar-refractivity contribution in [3.8, 4) is 0 Å². The second-order valence-corrected chi connectivity index (χ2v) is 5.17. The maximum absolute atomic E-state index is 11.9. The normalized spacial score (nSPS) is 17.9. The van der Waals surface area contributed by atoms with Crippen LogP contribution in [0.25, 0.3) is 0 Å². The third-order valence-electron chi connectivity index (χ3n) is 2.63. The Hall–Kier alpha value is -2.55. The van der Waals surface area contributed by atoms with Crippen LogP contribution in [0, 0.1) is 0 Å². The number of imide groups is 1. The van der Waals surface area contributed by atoms with Gasteiger partial charge < -0.3 is 15.5 Å². The number of aliphatic carboxylic acids is 1. The molecule has 0 unspecified atom stereocenters. The first-order chi connectivity index (χ1) is 9.88. The Labute approximate surface area is 122 Å². The number of aromatic carboxylic acids is 1. The van der Waals surface area contributed by atoms with E-state index in [2.05, 4.69) is 5.32 Å². The number of hydrogen-bond acceptors (Lipinski definition) is 6. The van der Waals surface area contributed by atoms with E-state index in [-0.39, 0.29) is 5.56 Å². The summed E-state index contributed by atoms with van der Waals surface area (Å²) in [7, 11) is 0. The number of amides is 2. The minimum atomic E-state index is -1.29. The highest BCUT2D eigenvalue weighted by Gasteiger charge is 2.40. The van der Waals surface area contributed by atoms with Gasteiger partial charge in [0.05, 0.1) is 5.56 Å². The standard InChI is InChI=1S/C12H10N2O6S/c15-8(16)5-14-10(17)9(21-12(14)20)13-7-3-1-2-6(4-7)11(18)19/h1-4,9,13H,5H2,(H,15,16)(H,18,19)/t9-/m0/s1. The smallest absolute Gasteiger partial charge is 0.335 e. The lowest BCUT2D eigenvalue weighted by Gasteiger charge is -2.13. The van der Waals surface area contributed by atoms with Crippen molar-refractivity contribution >= 4 is 40.5 Å². The zero-order valence-corrected chi connectivity index (χ0v) is 11.3. The average molecular weight is 310 g/mol. The Bertz CT molecular complexity index is 632. The number of rotatable bonds is 5. The molecule has 1 heterocycles. The second-order valence-electron chi connectivity index (χ2n) is 4.11. The molecule has 21 heavy (non-hydrogen) atoms. The first-order valence-electron chi connectivity index (χ1n) is 5.72. The first kappa shape index (κ1) is 14.9. The molecular formula is C12H10N2O6S. The average Bonchev–Trinajstić information content (AvgIpc) is 2.66. The summed E-state index contributed by atoms with van der Waals surface area (Å²) in [6.45, 7) is -0.696. The highest BCUT2D eigenvalue weighted by atomic mass is 32.2. The molecule has 110 valence electrons. The van der Waals surface area contributed by atoms with E-state index < -0.39 is 35.0 Å². The molecule has 0 radical (unpaired) electrons. The number of carbonyl (C=O) groups is 4. The molecule has 1 aromatic rings. The fraction of sp³-hybridized carbons (Fsp3) is 0.167. The SMILES string of the molecule is O=C(O)CN1C(=O)S[C@H](Nc2cccc(C(=O)O)c2)C1=O. The van der Waals surface area contributed by atoms with Gasteiger partial charge in [-0.15, -0.1) is 0 Å². The number of thioether (sulfide) groups is 1. The van der Waals surface area contributed by atoms with E-state index in [0.717, 1.165) is 0 Å². The van der Waals surface area contributed by atoms with Gasteiger partial charge in [0.15, 0.2) is 5.37 Å². The highest BCUT2D eigenvalue weighted by molar-refractivity contribution is 8.15. The van der Waals surface area contributed by atoms with Crippen molar-refractivity contribution in [2.45, 2.75) is 5.37 Å². The summed E-state index contributed by atoms with van der Waals surface area (Å²) in [5.74, 6) is -3.08. The molecule has 2 amide bonds. The third-order valence-corrected chi connectivity index (χ3v) is 3.61. The highest BCUT2D eigenvalue weighted by Crippen LogP contribution is 2.28. The number of carboxylic acid groups (broad SMARTS) is 2. The zero-order chi connectivity index (χ0) is 15.6. The monoisotopic (exact) mass is 310 g/mol. The van der Waals surface area contributed by atoms with E-state index in [9.17, 15) is 19.2 Å². The van der Waals surface area contributed by atoms with Crippen LogP contribution in [-0.2, 0) is 9.59 Å². The second kappa shape index (κ2) is 5.83. The van der Waals surface area contributed by atoms with Crippen molar-refractivity contribution in [2.75, 3.05) is 11.9 Å². The van der Waals surface area contributed by atoms with Crippen LogP contribution in [0.2, 0.25) is 0 Å². The predicted octanol–water partition coefficient (Wildman–Crippen LogP) is 0.903. The molecule has 0 saturated carbocycles. The number of carboxylic acids is 2. The van der Waals surface area contributed by atoms with Gasteiger partial charge in [0.2, 0.25) is 0 Å².